The summed E-state index contributed by atoms with van der Waals surface area (Å²) < 4.78 is 51.9. The summed E-state index contributed by atoms with van der Waals surface area (Å²) in [5, 5.41) is 12.6. The van der Waals surface area contributed by atoms with Crippen molar-refractivity contribution in [3.8, 4) is 0 Å². The molecule has 2 aliphatic rings. The van der Waals surface area contributed by atoms with Gasteiger partial charge >= 0.3 is 12.3 Å². The van der Waals surface area contributed by atoms with Crippen LogP contribution in [0.25, 0.3) is 16.6 Å². The Hall–Kier alpha value is -2.61. The predicted molar refractivity (Wildman–Crippen MR) is 130 cm³/mol. The van der Waals surface area contributed by atoms with Gasteiger partial charge in [0.2, 0.25) is 0 Å². The van der Waals surface area contributed by atoms with Gasteiger partial charge in [0.25, 0.3) is 0 Å². The number of halogens is 4. The number of carbonyl (C=O) groups is 1. The number of carbonyl (C=O) groups excluding carboxylic acids is 1. The molecule has 190 valence electrons. The Balaban J connectivity index is 1.61. The molecule has 4 rings (SSSR count). The lowest BCUT2D eigenvalue weighted by Gasteiger charge is -2.31. The summed E-state index contributed by atoms with van der Waals surface area (Å²) in [5.74, 6) is 0. The zero-order valence-electron chi connectivity index (χ0n) is 18.9. The maximum absolute atomic E-state index is 13.9. The number of hydrogen-bond acceptors (Lipinski definition) is 7. The van der Waals surface area contributed by atoms with E-state index in [1.54, 1.807) is 12.1 Å². The summed E-state index contributed by atoms with van der Waals surface area (Å²) in [6, 6.07) is 3.33. The number of allylic oxidation sites excluding steroid dienone is 1. The number of ether oxygens (including phenoxy) is 2. The van der Waals surface area contributed by atoms with Crippen molar-refractivity contribution in [1.29, 1.82) is 0 Å². The number of anilines is 1. The molecule has 13 heteroatoms. The van der Waals surface area contributed by atoms with Crippen molar-refractivity contribution < 1.29 is 27.4 Å². The third kappa shape index (κ3) is 5.97. The van der Waals surface area contributed by atoms with Gasteiger partial charge in [-0.2, -0.15) is 13.2 Å². The molecule has 5 N–H and O–H groups in total. The van der Waals surface area contributed by atoms with Gasteiger partial charge in [-0.05, 0) is 41.4 Å². The molecule has 1 saturated heterocycles. The molecule has 2 atom stereocenters. The van der Waals surface area contributed by atoms with Crippen molar-refractivity contribution in [2.24, 2.45) is 4.99 Å². The summed E-state index contributed by atoms with van der Waals surface area (Å²) in [6.07, 6.45) is -1.70. The molecule has 0 bridgehead atoms. The van der Waals surface area contributed by atoms with E-state index in [0.717, 1.165) is 32.1 Å². The summed E-state index contributed by atoms with van der Waals surface area (Å²) >= 11 is 3.43. The Labute approximate surface area is 208 Å². The molecule has 0 spiro atoms. The second kappa shape index (κ2) is 11.0. The van der Waals surface area contributed by atoms with E-state index in [1.807, 2.05) is 0 Å². The summed E-state index contributed by atoms with van der Waals surface area (Å²) in [5.41, 5.74) is 0.321. The quantitative estimate of drug-likeness (QED) is 0.331. The first kappa shape index (κ1) is 25.5. The zero-order chi connectivity index (χ0) is 25.0. The fraction of sp³-hybridized carbons (Fsp3) is 0.455. The van der Waals surface area contributed by atoms with Crippen LogP contribution in [-0.4, -0.2) is 69.2 Å². The molecule has 1 aromatic carbocycles. The van der Waals surface area contributed by atoms with Crippen LogP contribution in [0.1, 0.15) is 18.4 Å². The fourth-order valence-electron chi connectivity index (χ4n) is 4.04. The second-order valence-electron chi connectivity index (χ2n) is 8.13. The number of benzene rings is 1. The molecule has 2 aromatic rings. The Bertz CT molecular complexity index is 1130. The van der Waals surface area contributed by atoms with Crippen LogP contribution in [0.15, 0.2) is 33.4 Å². The van der Waals surface area contributed by atoms with Crippen LogP contribution in [0.4, 0.5) is 23.7 Å². The maximum atomic E-state index is 13.9. The highest BCUT2D eigenvalue weighted by atomic mass is 79.9. The topological polar surface area (TPSA) is 112 Å². The van der Waals surface area contributed by atoms with Crippen molar-refractivity contribution in [2.45, 2.75) is 31.3 Å². The third-order valence-corrected chi connectivity index (χ3v) is 6.54. The number of aromatic amines is 1. The van der Waals surface area contributed by atoms with E-state index in [0.29, 0.717) is 26.6 Å². The van der Waals surface area contributed by atoms with Gasteiger partial charge in [-0.1, -0.05) is 6.07 Å². The van der Waals surface area contributed by atoms with Gasteiger partial charge in [0.05, 0.1) is 33.6 Å². The first-order chi connectivity index (χ1) is 16.8. The smallest absolute Gasteiger partial charge is 0.419 e. The minimum atomic E-state index is -4.60. The third-order valence-electron chi connectivity index (χ3n) is 5.72. The molecule has 9 nitrogen and oxygen atoms in total. The van der Waals surface area contributed by atoms with E-state index in [9.17, 15) is 18.0 Å². The number of methoxy groups -OCH3 is 1. The van der Waals surface area contributed by atoms with Gasteiger partial charge in [-0.25, -0.2) is 4.79 Å². The van der Waals surface area contributed by atoms with Crippen LogP contribution in [0.2, 0.25) is 0 Å². The van der Waals surface area contributed by atoms with E-state index in [2.05, 4.69) is 47.2 Å². The average molecular weight is 559 g/mol. The number of rotatable bonds is 7. The Kier molecular flexibility index (Phi) is 7.99. The van der Waals surface area contributed by atoms with Gasteiger partial charge in [-0.3, -0.25) is 15.6 Å². The van der Waals surface area contributed by atoms with E-state index in [1.165, 1.54) is 13.3 Å². The number of piperidine rings is 1. The van der Waals surface area contributed by atoms with Gasteiger partial charge in [-0.15, -0.1) is 0 Å². The van der Waals surface area contributed by atoms with Crippen LogP contribution in [-0.2, 0) is 9.47 Å². The summed E-state index contributed by atoms with van der Waals surface area (Å²) in [7, 11) is 1.49. The highest BCUT2D eigenvalue weighted by Crippen LogP contribution is 2.38. The van der Waals surface area contributed by atoms with Crippen molar-refractivity contribution in [1.82, 2.24) is 20.9 Å². The first-order valence-electron chi connectivity index (χ1n) is 11.1. The molecule has 0 saturated carbocycles. The van der Waals surface area contributed by atoms with E-state index >= 15 is 0 Å². The summed E-state index contributed by atoms with van der Waals surface area (Å²) in [6.45, 7) is 1.99. The monoisotopic (exact) mass is 558 g/mol. The highest BCUT2D eigenvalue weighted by molar-refractivity contribution is 9.10. The van der Waals surface area contributed by atoms with Crippen LogP contribution in [0.3, 0.4) is 0 Å². The molecule has 0 radical (unpaired) electrons. The molecule has 0 aliphatic carbocycles. The lowest BCUT2D eigenvalue weighted by atomic mass is 10.0. The largest absolute Gasteiger partial charge is 0.447 e. The highest BCUT2D eigenvalue weighted by Gasteiger charge is 2.39. The lowest BCUT2D eigenvalue weighted by Crippen LogP contribution is -2.52. The number of hydrogen-bond donors (Lipinski definition) is 5. The number of nitrogens with zero attached hydrogens (tertiary/aromatic N) is 1. The van der Waals surface area contributed by atoms with Crippen molar-refractivity contribution in [2.75, 3.05) is 38.7 Å². The molecule has 1 amide bonds. The zero-order valence-corrected chi connectivity index (χ0v) is 20.5. The molecular weight excluding hydrogens is 533 g/mol. The van der Waals surface area contributed by atoms with Gasteiger partial charge in [0.1, 0.15) is 6.61 Å². The van der Waals surface area contributed by atoms with E-state index < -0.39 is 24.1 Å². The van der Waals surface area contributed by atoms with E-state index in [4.69, 9.17) is 9.47 Å². The Morgan fingerprint density at radius 3 is 2.86 bits per heavy atom. The van der Waals surface area contributed by atoms with E-state index in [-0.39, 0.29) is 25.0 Å². The molecule has 35 heavy (non-hydrogen) atoms. The minimum absolute atomic E-state index is 0.0772. The van der Waals surface area contributed by atoms with Gasteiger partial charge in [0.15, 0.2) is 6.29 Å². The second-order valence-corrected chi connectivity index (χ2v) is 8.92. The lowest BCUT2D eigenvalue weighted by molar-refractivity contribution is -0.0855. The molecule has 2 aliphatic heterocycles. The predicted octanol–water partition coefficient (Wildman–Crippen LogP) is 3.70. The molecule has 3 heterocycles. The number of H-pyrrole nitrogens is 1. The molecule has 2 unspecified atom stereocenters. The fourth-order valence-corrected chi connectivity index (χ4v) is 4.60. The number of fused-ring (bicyclic) bond motifs is 1. The van der Waals surface area contributed by atoms with Crippen LogP contribution in [0, 0.1) is 0 Å². The van der Waals surface area contributed by atoms with Crippen LogP contribution < -0.4 is 21.3 Å². The van der Waals surface area contributed by atoms with Crippen molar-refractivity contribution in [3.05, 3.63) is 33.9 Å². The molecule has 1 fully saturated rings. The number of alkyl halides is 3. The Morgan fingerprint density at radius 1 is 1.31 bits per heavy atom. The number of amides is 1. The molecule has 1 aromatic heterocycles. The number of aromatic nitrogens is 1. The summed E-state index contributed by atoms with van der Waals surface area (Å²) in [4.78, 5) is 19.1. The molecular formula is C22H26BrF3N6O3. The minimum Gasteiger partial charge on any atom is -0.447 e. The first-order valence-corrected chi connectivity index (χ1v) is 11.9. The Morgan fingerprint density at radius 2 is 2.14 bits per heavy atom. The van der Waals surface area contributed by atoms with Crippen LogP contribution in [0.5, 0.6) is 0 Å². The maximum Gasteiger partial charge on any atom is 0.419 e. The number of nitrogens with one attached hydrogen (secondary N) is 5. The van der Waals surface area contributed by atoms with Gasteiger partial charge < -0.3 is 25.1 Å². The standard InChI is InChI=1S/C22H26BrF3N6O3/c1-34-7-8-35-21(33)31-16-5-4-13-14(10-28-19(13)17(16)23)18-15(22(24,25)26)11-29-20(32-18)30-12-3-2-6-27-9-12/h4-5,10-12,20,27-28,30,32H,2-3,6-9H2,1H3,(H,31,33). The SMILES string of the molecule is COCCOC(=O)Nc1ccc2c(C3=C(C(F)(F)F)C=NC(NC4CCCNC4)N3)c[nH]c2c1Br. The van der Waals surface area contributed by atoms with Crippen LogP contribution >= 0.6 is 15.9 Å². The normalized spacial score (nSPS) is 20.7. The van der Waals surface area contributed by atoms with Crippen molar-refractivity contribution in [3.63, 3.8) is 0 Å². The van der Waals surface area contributed by atoms with Gasteiger partial charge in [0, 0.05) is 43.1 Å². The number of aliphatic imine (C=N–C) groups is 1. The van der Waals surface area contributed by atoms with Crippen molar-refractivity contribution >= 4 is 50.5 Å². The average Bonchev–Trinajstić information content (AvgIpc) is 3.26.